The van der Waals surface area contributed by atoms with Gasteiger partial charge in [0.1, 0.15) is 5.75 Å². The molecule has 0 fully saturated rings. The molecule has 7 heteroatoms. The summed E-state index contributed by atoms with van der Waals surface area (Å²) in [6.07, 6.45) is 1.88. The van der Waals surface area contributed by atoms with Gasteiger partial charge in [-0.1, -0.05) is 53.2 Å². The first-order chi connectivity index (χ1) is 12.6. The van der Waals surface area contributed by atoms with Gasteiger partial charge in [0, 0.05) is 18.5 Å². The minimum atomic E-state index is -0.0874. The van der Waals surface area contributed by atoms with Crippen LogP contribution in [0.4, 0.5) is 0 Å². The number of ether oxygens (including phenoxy) is 1. The van der Waals surface area contributed by atoms with Gasteiger partial charge in [0.25, 0.3) is 0 Å². The molecule has 3 aromatic rings. The molecule has 0 bridgehead atoms. The summed E-state index contributed by atoms with van der Waals surface area (Å²) in [5, 5.41) is 11.4. The molecule has 0 aliphatic carbocycles. The molecule has 0 radical (unpaired) electrons. The van der Waals surface area contributed by atoms with Gasteiger partial charge in [0.05, 0.1) is 29.5 Å². The van der Waals surface area contributed by atoms with Crippen LogP contribution < -0.4 is 4.74 Å². The first-order valence-corrected chi connectivity index (χ1v) is 9.69. The van der Waals surface area contributed by atoms with Gasteiger partial charge >= 0.3 is 0 Å². The van der Waals surface area contributed by atoms with Gasteiger partial charge in [-0.05, 0) is 35.4 Å². The van der Waals surface area contributed by atoms with Crippen LogP contribution in [-0.4, -0.2) is 21.8 Å². The zero-order valence-electron chi connectivity index (χ0n) is 14.2. The number of rotatable bonds is 7. The Morgan fingerprint density at radius 3 is 2.46 bits per heavy atom. The molecule has 1 N–H and O–H groups in total. The highest BCUT2D eigenvalue weighted by atomic mass is 35.5. The molecule has 0 atom stereocenters. The number of benzene rings is 2. The maximum Gasteiger partial charge on any atom is 0.168 e. The quantitative estimate of drug-likeness (QED) is 0.556. The molecule has 0 aliphatic heterocycles. The lowest BCUT2D eigenvalue weighted by atomic mass is 10.2. The predicted octanol–water partition coefficient (Wildman–Crippen LogP) is 5.03. The minimum Gasteiger partial charge on any atom is -0.497 e. The number of aromatic nitrogens is 2. The predicted molar refractivity (Wildman–Crippen MR) is 106 cm³/mol. The number of halogens is 2. The van der Waals surface area contributed by atoms with E-state index in [4.69, 9.17) is 27.9 Å². The van der Waals surface area contributed by atoms with Crippen molar-refractivity contribution >= 4 is 35.0 Å². The van der Waals surface area contributed by atoms with E-state index in [0.29, 0.717) is 28.0 Å². The van der Waals surface area contributed by atoms with Gasteiger partial charge in [-0.2, -0.15) is 0 Å². The Labute approximate surface area is 166 Å². The molecule has 3 rings (SSSR count). The first kappa shape index (κ1) is 19.1. The standard InChI is InChI=1S/C19H18Cl2N2O2S/c1-25-16-5-2-13(3-6-16)9-23-10-15(11-24)22-19(23)26-12-14-4-7-17(20)18(21)8-14/h2-8,10,24H,9,11-12H2,1H3. The summed E-state index contributed by atoms with van der Waals surface area (Å²) in [6, 6.07) is 13.5. The second kappa shape index (κ2) is 8.82. The fourth-order valence-corrected chi connectivity index (χ4v) is 3.72. The lowest BCUT2D eigenvalue weighted by Crippen LogP contribution is -2.00. The van der Waals surface area contributed by atoms with Crippen LogP contribution >= 0.6 is 35.0 Å². The number of imidazole rings is 1. The lowest BCUT2D eigenvalue weighted by Gasteiger charge is -2.09. The Bertz CT molecular complexity index is 882. The minimum absolute atomic E-state index is 0.0874. The van der Waals surface area contributed by atoms with E-state index in [1.807, 2.05) is 47.2 Å². The van der Waals surface area contributed by atoms with E-state index in [-0.39, 0.29) is 6.61 Å². The summed E-state index contributed by atoms with van der Waals surface area (Å²) in [4.78, 5) is 4.51. The molecule has 0 aliphatic rings. The van der Waals surface area contributed by atoms with Crippen molar-refractivity contribution in [2.45, 2.75) is 24.1 Å². The number of nitrogens with zero attached hydrogens (tertiary/aromatic N) is 2. The number of hydrogen-bond acceptors (Lipinski definition) is 4. The molecule has 2 aromatic carbocycles. The third-order valence-corrected chi connectivity index (χ3v) is 5.62. The normalized spacial score (nSPS) is 10.9. The summed E-state index contributed by atoms with van der Waals surface area (Å²) in [6.45, 7) is 0.580. The van der Waals surface area contributed by atoms with E-state index in [2.05, 4.69) is 4.98 Å². The van der Waals surface area contributed by atoms with Gasteiger partial charge in [-0.15, -0.1) is 0 Å². The van der Waals surface area contributed by atoms with Gasteiger partial charge in [0.2, 0.25) is 0 Å². The smallest absolute Gasteiger partial charge is 0.168 e. The van der Waals surface area contributed by atoms with Crippen LogP contribution in [0, 0.1) is 0 Å². The Morgan fingerprint density at radius 1 is 1.08 bits per heavy atom. The zero-order chi connectivity index (χ0) is 18.5. The number of methoxy groups -OCH3 is 1. The molecule has 0 saturated heterocycles. The number of thioether (sulfide) groups is 1. The zero-order valence-corrected chi connectivity index (χ0v) is 16.5. The molecule has 1 aromatic heterocycles. The van der Waals surface area contributed by atoms with Crippen molar-refractivity contribution in [2.24, 2.45) is 0 Å². The molecule has 1 heterocycles. The van der Waals surface area contributed by atoms with Crippen LogP contribution in [0.5, 0.6) is 5.75 Å². The maximum atomic E-state index is 9.43. The van der Waals surface area contributed by atoms with E-state index in [0.717, 1.165) is 22.0 Å². The Hall–Kier alpha value is -1.66. The van der Waals surface area contributed by atoms with E-state index in [1.165, 1.54) is 0 Å². The number of aliphatic hydroxyl groups excluding tert-OH is 1. The average molecular weight is 409 g/mol. The Morgan fingerprint density at radius 2 is 1.81 bits per heavy atom. The topological polar surface area (TPSA) is 47.3 Å². The van der Waals surface area contributed by atoms with E-state index >= 15 is 0 Å². The van der Waals surface area contributed by atoms with Crippen LogP contribution in [0.15, 0.2) is 53.8 Å². The van der Waals surface area contributed by atoms with Gasteiger partial charge < -0.3 is 14.4 Å². The Kier molecular flexibility index (Phi) is 6.48. The lowest BCUT2D eigenvalue weighted by molar-refractivity contribution is 0.277. The molecular weight excluding hydrogens is 391 g/mol. The summed E-state index contributed by atoms with van der Waals surface area (Å²) in [5.74, 6) is 1.53. The van der Waals surface area contributed by atoms with Crippen LogP contribution in [0.3, 0.4) is 0 Å². The third-order valence-electron chi connectivity index (χ3n) is 3.82. The summed E-state index contributed by atoms with van der Waals surface area (Å²) in [7, 11) is 1.65. The fourth-order valence-electron chi connectivity index (χ4n) is 2.46. The van der Waals surface area contributed by atoms with Crippen molar-refractivity contribution in [1.82, 2.24) is 9.55 Å². The number of aliphatic hydroxyl groups is 1. The monoisotopic (exact) mass is 408 g/mol. The van der Waals surface area contributed by atoms with Crippen LogP contribution in [-0.2, 0) is 18.9 Å². The molecule has 4 nitrogen and oxygen atoms in total. The second-order valence-corrected chi connectivity index (χ2v) is 7.44. The fraction of sp³-hybridized carbons (Fsp3) is 0.211. The molecule has 0 amide bonds. The maximum absolute atomic E-state index is 9.43. The van der Waals surface area contributed by atoms with Gasteiger partial charge in [-0.25, -0.2) is 4.98 Å². The van der Waals surface area contributed by atoms with Crippen molar-refractivity contribution in [2.75, 3.05) is 7.11 Å². The summed E-state index contributed by atoms with van der Waals surface area (Å²) < 4.78 is 7.23. The van der Waals surface area contributed by atoms with Crippen molar-refractivity contribution < 1.29 is 9.84 Å². The van der Waals surface area contributed by atoms with Crippen molar-refractivity contribution in [3.8, 4) is 5.75 Å². The van der Waals surface area contributed by atoms with Crippen LogP contribution in [0.25, 0.3) is 0 Å². The summed E-state index contributed by atoms with van der Waals surface area (Å²) >= 11 is 13.6. The largest absolute Gasteiger partial charge is 0.497 e. The van der Waals surface area contributed by atoms with Crippen LogP contribution in [0.1, 0.15) is 16.8 Å². The molecule has 0 unspecified atom stereocenters. The molecule has 0 saturated carbocycles. The highest BCUT2D eigenvalue weighted by molar-refractivity contribution is 7.98. The highest BCUT2D eigenvalue weighted by Crippen LogP contribution is 2.28. The Balaban J connectivity index is 1.75. The SMILES string of the molecule is COc1ccc(Cn2cc(CO)nc2SCc2ccc(Cl)c(Cl)c2)cc1. The highest BCUT2D eigenvalue weighted by Gasteiger charge is 2.10. The van der Waals surface area contributed by atoms with Crippen molar-refractivity contribution in [3.05, 3.63) is 75.5 Å². The van der Waals surface area contributed by atoms with E-state index < -0.39 is 0 Å². The van der Waals surface area contributed by atoms with Crippen LogP contribution in [0.2, 0.25) is 10.0 Å². The molecule has 136 valence electrons. The van der Waals surface area contributed by atoms with Gasteiger partial charge in [0.15, 0.2) is 5.16 Å². The second-order valence-electron chi connectivity index (χ2n) is 5.69. The summed E-state index contributed by atoms with van der Waals surface area (Å²) in [5.41, 5.74) is 2.84. The van der Waals surface area contributed by atoms with Crippen molar-refractivity contribution in [3.63, 3.8) is 0 Å². The molecular formula is C19H18Cl2N2O2S. The first-order valence-electron chi connectivity index (χ1n) is 7.95. The van der Waals surface area contributed by atoms with E-state index in [1.54, 1.807) is 24.9 Å². The average Bonchev–Trinajstić information content (AvgIpc) is 3.05. The van der Waals surface area contributed by atoms with E-state index in [9.17, 15) is 5.11 Å². The van der Waals surface area contributed by atoms with Crippen molar-refractivity contribution in [1.29, 1.82) is 0 Å². The number of hydrogen-bond donors (Lipinski definition) is 1. The molecule has 26 heavy (non-hydrogen) atoms. The molecule has 0 spiro atoms. The van der Waals surface area contributed by atoms with Gasteiger partial charge in [-0.3, -0.25) is 0 Å². The third kappa shape index (κ3) is 4.74.